The Labute approximate surface area is 99.0 Å². The topological polar surface area (TPSA) is 50.4 Å². The van der Waals surface area contributed by atoms with Gasteiger partial charge in [0.15, 0.2) is 0 Å². The van der Waals surface area contributed by atoms with Crippen LogP contribution in [-0.2, 0) is 0 Å². The lowest BCUT2D eigenvalue weighted by molar-refractivity contribution is 0.0941. The largest absolute Gasteiger partial charge is 0.495 e. The predicted molar refractivity (Wildman–Crippen MR) is 64.3 cm³/mol. The van der Waals surface area contributed by atoms with Crippen LogP contribution in [0, 0.1) is 6.92 Å². The molecule has 2 heterocycles. The third-order valence-corrected chi connectivity index (χ3v) is 3.67. The minimum atomic E-state index is -0.0244. The summed E-state index contributed by atoms with van der Waals surface area (Å²) < 4.78 is 5.19. The lowest BCUT2D eigenvalue weighted by Gasteiger charge is -2.10. The van der Waals surface area contributed by atoms with Crippen LogP contribution in [-0.4, -0.2) is 32.1 Å². The Hall–Kier alpha value is -1.07. The highest BCUT2D eigenvalue weighted by molar-refractivity contribution is 7.14. The standard InChI is InChI=1S/C11H16N2O2S/c1-7-5-9(15-2)10(16-7)11(14)13-8-3-4-12-6-8/h5,8,12H,3-4,6H2,1-2H3,(H,13,14). The van der Waals surface area contributed by atoms with Crippen molar-refractivity contribution in [1.82, 2.24) is 10.6 Å². The first-order valence-corrected chi connectivity index (χ1v) is 6.18. The molecule has 1 aromatic rings. The summed E-state index contributed by atoms with van der Waals surface area (Å²) in [6.45, 7) is 3.81. The molecule has 1 amide bonds. The van der Waals surface area contributed by atoms with E-state index >= 15 is 0 Å². The first-order valence-electron chi connectivity index (χ1n) is 5.36. The molecule has 0 spiro atoms. The molecule has 1 atom stereocenters. The van der Waals surface area contributed by atoms with Gasteiger partial charge in [-0.2, -0.15) is 0 Å². The smallest absolute Gasteiger partial charge is 0.265 e. The number of nitrogens with one attached hydrogen (secondary N) is 2. The number of carbonyl (C=O) groups excluding carboxylic acids is 1. The van der Waals surface area contributed by atoms with E-state index in [9.17, 15) is 4.79 Å². The summed E-state index contributed by atoms with van der Waals surface area (Å²) in [7, 11) is 1.59. The first kappa shape index (κ1) is 11.4. The molecule has 0 saturated carbocycles. The molecule has 2 rings (SSSR count). The summed E-state index contributed by atoms with van der Waals surface area (Å²) in [5.74, 6) is 0.648. The van der Waals surface area contributed by atoms with Crippen LogP contribution >= 0.6 is 11.3 Å². The summed E-state index contributed by atoms with van der Waals surface area (Å²) in [4.78, 5) is 13.7. The first-order chi connectivity index (χ1) is 7.70. The van der Waals surface area contributed by atoms with Crippen LogP contribution in [0.4, 0.5) is 0 Å². The van der Waals surface area contributed by atoms with E-state index in [1.54, 1.807) is 7.11 Å². The average Bonchev–Trinajstić information content (AvgIpc) is 2.86. The SMILES string of the molecule is COc1cc(C)sc1C(=O)NC1CCNC1. The van der Waals surface area contributed by atoms with Crippen LogP contribution in [0.3, 0.4) is 0 Å². The van der Waals surface area contributed by atoms with Crippen LogP contribution in [0.15, 0.2) is 6.07 Å². The van der Waals surface area contributed by atoms with Crippen molar-refractivity contribution in [3.05, 3.63) is 15.8 Å². The molecule has 88 valence electrons. The molecule has 1 aliphatic rings. The van der Waals surface area contributed by atoms with Crippen molar-refractivity contribution in [1.29, 1.82) is 0 Å². The number of rotatable bonds is 3. The maximum Gasteiger partial charge on any atom is 0.265 e. The fraction of sp³-hybridized carbons (Fsp3) is 0.545. The average molecular weight is 240 g/mol. The van der Waals surface area contributed by atoms with E-state index in [0.29, 0.717) is 10.6 Å². The van der Waals surface area contributed by atoms with Crippen LogP contribution in [0.25, 0.3) is 0 Å². The molecule has 5 heteroatoms. The Bertz CT molecular complexity index is 383. The van der Waals surface area contributed by atoms with Crippen LogP contribution in [0.2, 0.25) is 0 Å². The van der Waals surface area contributed by atoms with E-state index in [-0.39, 0.29) is 11.9 Å². The molecule has 4 nitrogen and oxygen atoms in total. The molecular formula is C11H16N2O2S. The number of thiophene rings is 1. The highest BCUT2D eigenvalue weighted by Gasteiger charge is 2.21. The van der Waals surface area contributed by atoms with Gasteiger partial charge in [-0.25, -0.2) is 0 Å². The zero-order valence-corrected chi connectivity index (χ0v) is 10.3. The van der Waals surface area contributed by atoms with Crippen LogP contribution in [0.1, 0.15) is 21.0 Å². The van der Waals surface area contributed by atoms with E-state index < -0.39 is 0 Å². The second kappa shape index (κ2) is 4.84. The molecule has 1 unspecified atom stereocenters. The van der Waals surface area contributed by atoms with Gasteiger partial charge >= 0.3 is 0 Å². The molecule has 0 radical (unpaired) electrons. The van der Waals surface area contributed by atoms with Gasteiger partial charge in [0.2, 0.25) is 0 Å². The van der Waals surface area contributed by atoms with Gasteiger partial charge in [-0.3, -0.25) is 4.79 Å². The Kier molecular flexibility index (Phi) is 3.46. The zero-order chi connectivity index (χ0) is 11.5. The Morgan fingerprint density at radius 3 is 3.12 bits per heavy atom. The summed E-state index contributed by atoms with van der Waals surface area (Å²) in [6.07, 6.45) is 0.998. The van der Waals surface area contributed by atoms with E-state index in [0.717, 1.165) is 24.4 Å². The normalized spacial score (nSPS) is 19.8. The van der Waals surface area contributed by atoms with E-state index in [4.69, 9.17) is 4.74 Å². The van der Waals surface area contributed by atoms with Crippen LogP contribution < -0.4 is 15.4 Å². The van der Waals surface area contributed by atoms with Crippen molar-refractivity contribution < 1.29 is 9.53 Å². The number of hydrogen-bond acceptors (Lipinski definition) is 4. The van der Waals surface area contributed by atoms with Gasteiger partial charge in [-0.15, -0.1) is 11.3 Å². The third-order valence-electron chi connectivity index (χ3n) is 2.64. The monoisotopic (exact) mass is 240 g/mol. The van der Waals surface area contributed by atoms with Gasteiger partial charge in [0, 0.05) is 17.5 Å². The van der Waals surface area contributed by atoms with Crippen molar-refractivity contribution >= 4 is 17.2 Å². The van der Waals surface area contributed by atoms with E-state index in [2.05, 4.69) is 10.6 Å². The molecule has 0 aliphatic carbocycles. The second-order valence-electron chi connectivity index (χ2n) is 3.92. The number of hydrogen-bond donors (Lipinski definition) is 2. The van der Waals surface area contributed by atoms with Gasteiger partial charge in [0.05, 0.1) is 7.11 Å². The molecule has 2 N–H and O–H groups in total. The fourth-order valence-corrected chi connectivity index (χ4v) is 2.71. The van der Waals surface area contributed by atoms with Crippen molar-refractivity contribution in [2.75, 3.05) is 20.2 Å². The molecule has 16 heavy (non-hydrogen) atoms. The van der Waals surface area contributed by atoms with Crippen LogP contribution in [0.5, 0.6) is 5.75 Å². The maximum absolute atomic E-state index is 12.0. The van der Waals surface area contributed by atoms with E-state index in [1.165, 1.54) is 11.3 Å². The quantitative estimate of drug-likeness (QED) is 0.833. The Morgan fingerprint density at radius 1 is 1.69 bits per heavy atom. The zero-order valence-electron chi connectivity index (χ0n) is 9.50. The van der Waals surface area contributed by atoms with Crippen molar-refractivity contribution in [2.24, 2.45) is 0 Å². The molecule has 1 aromatic heterocycles. The number of methoxy groups -OCH3 is 1. The molecule has 1 aliphatic heterocycles. The van der Waals surface area contributed by atoms with Gasteiger partial charge < -0.3 is 15.4 Å². The lowest BCUT2D eigenvalue weighted by Crippen LogP contribution is -2.35. The molecular weight excluding hydrogens is 224 g/mol. The van der Waals surface area contributed by atoms with Gasteiger partial charge in [-0.1, -0.05) is 0 Å². The Balaban J connectivity index is 2.07. The second-order valence-corrected chi connectivity index (χ2v) is 5.17. The predicted octanol–water partition coefficient (Wildman–Crippen LogP) is 1.16. The van der Waals surface area contributed by atoms with Gasteiger partial charge in [-0.05, 0) is 26.0 Å². The summed E-state index contributed by atoms with van der Waals surface area (Å²) in [5, 5.41) is 6.23. The van der Waals surface area contributed by atoms with Crippen molar-refractivity contribution in [3.63, 3.8) is 0 Å². The maximum atomic E-state index is 12.0. The molecule has 1 fully saturated rings. The lowest BCUT2D eigenvalue weighted by atomic mass is 10.2. The highest BCUT2D eigenvalue weighted by Crippen LogP contribution is 2.28. The summed E-state index contributed by atoms with van der Waals surface area (Å²) in [5.41, 5.74) is 0. The number of amides is 1. The minimum absolute atomic E-state index is 0.0244. The molecule has 0 bridgehead atoms. The fourth-order valence-electron chi connectivity index (χ4n) is 1.83. The number of carbonyl (C=O) groups is 1. The van der Waals surface area contributed by atoms with Crippen molar-refractivity contribution in [2.45, 2.75) is 19.4 Å². The number of ether oxygens (including phenoxy) is 1. The van der Waals surface area contributed by atoms with Gasteiger partial charge in [0.1, 0.15) is 10.6 Å². The Morgan fingerprint density at radius 2 is 2.50 bits per heavy atom. The summed E-state index contributed by atoms with van der Waals surface area (Å²) in [6, 6.07) is 2.14. The summed E-state index contributed by atoms with van der Waals surface area (Å²) >= 11 is 1.47. The highest BCUT2D eigenvalue weighted by atomic mass is 32.1. The van der Waals surface area contributed by atoms with Crippen molar-refractivity contribution in [3.8, 4) is 5.75 Å². The third kappa shape index (κ3) is 2.36. The van der Waals surface area contributed by atoms with E-state index in [1.807, 2.05) is 13.0 Å². The number of aryl methyl sites for hydroxylation is 1. The minimum Gasteiger partial charge on any atom is -0.495 e. The molecule has 0 aromatic carbocycles. The molecule has 1 saturated heterocycles. The van der Waals surface area contributed by atoms with Gasteiger partial charge in [0.25, 0.3) is 5.91 Å².